The molecule has 7 rings (SSSR count). The van der Waals surface area contributed by atoms with E-state index in [1.165, 1.54) is 48.7 Å². The summed E-state index contributed by atoms with van der Waals surface area (Å²) in [5.41, 5.74) is 7.71. The van der Waals surface area contributed by atoms with Crippen LogP contribution in [0.3, 0.4) is 0 Å². The fourth-order valence-electron chi connectivity index (χ4n) is 5.83. The summed E-state index contributed by atoms with van der Waals surface area (Å²) in [6.07, 6.45) is 4.47. The maximum atomic E-state index is 6.42. The monoisotopic (exact) mass is 462 g/mol. The normalized spacial score (nSPS) is 17.5. The number of para-hydroxylation sites is 2. The molecule has 2 aliphatic carbocycles. The Hall–Kier alpha value is -3.10. The van der Waals surface area contributed by atoms with Gasteiger partial charge in [-0.25, -0.2) is 0 Å². The van der Waals surface area contributed by atoms with Gasteiger partial charge in [0.2, 0.25) is 0 Å². The van der Waals surface area contributed by atoms with E-state index in [4.69, 9.17) is 4.74 Å². The van der Waals surface area contributed by atoms with Crippen LogP contribution in [0.2, 0.25) is 0 Å². The number of benzene rings is 4. The zero-order chi connectivity index (χ0) is 20.6. The number of fused-ring (bicyclic) bond motifs is 9. The third kappa shape index (κ3) is 2.21. The molecule has 4 aromatic carbocycles. The fourth-order valence-corrected chi connectivity index (χ4v) is 6.26. The second kappa shape index (κ2) is 6.21. The average Bonchev–Trinajstić information content (AvgIpc) is 3.07. The van der Waals surface area contributed by atoms with E-state index >= 15 is 0 Å². The molecule has 0 fully saturated rings. The van der Waals surface area contributed by atoms with Crippen molar-refractivity contribution in [3.63, 3.8) is 0 Å². The molecule has 2 heteroatoms. The number of ether oxygens (including phenoxy) is 1. The summed E-state index contributed by atoms with van der Waals surface area (Å²) >= 11 is 3.84. The van der Waals surface area contributed by atoms with Crippen molar-refractivity contribution >= 4 is 32.3 Å². The smallest absolute Gasteiger partial charge is 0.132 e. The molecule has 1 aliphatic heterocycles. The van der Waals surface area contributed by atoms with Crippen LogP contribution in [0, 0.1) is 0 Å². The van der Waals surface area contributed by atoms with Gasteiger partial charge in [0.25, 0.3) is 0 Å². The van der Waals surface area contributed by atoms with Crippen molar-refractivity contribution in [2.24, 2.45) is 0 Å². The highest BCUT2D eigenvalue weighted by Gasteiger charge is 2.52. The minimum absolute atomic E-state index is 0.362. The van der Waals surface area contributed by atoms with E-state index in [0.29, 0.717) is 0 Å². The molecule has 31 heavy (non-hydrogen) atoms. The Bertz CT molecular complexity index is 1430. The molecule has 0 saturated heterocycles. The lowest BCUT2D eigenvalue weighted by molar-refractivity contribution is 0.435. The van der Waals surface area contributed by atoms with Crippen molar-refractivity contribution in [3.8, 4) is 11.5 Å². The second-order valence-corrected chi connectivity index (χ2v) is 9.59. The molecule has 1 heterocycles. The quantitative estimate of drug-likeness (QED) is 0.256. The molecule has 0 amide bonds. The van der Waals surface area contributed by atoms with Gasteiger partial charge < -0.3 is 4.74 Å². The van der Waals surface area contributed by atoms with Crippen molar-refractivity contribution in [2.45, 2.75) is 18.3 Å². The van der Waals surface area contributed by atoms with Gasteiger partial charge >= 0.3 is 0 Å². The first-order valence-electron chi connectivity index (χ1n) is 10.8. The minimum atomic E-state index is -0.362. The van der Waals surface area contributed by atoms with Gasteiger partial charge in [-0.3, -0.25) is 0 Å². The van der Waals surface area contributed by atoms with E-state index < -0.39 is 0 Å². The summed E-state index contributed by atoms with van der Waals surface area (Å²) < 4.78 is 7.69. The van der Waals surface area contributed by atoms with Crippen LogP contribution in [-0.4, -0.2) is 0 Å². The Morgan fingerprint density at radius 1 is 0.677 bits per heavy atom. The first-order chi connectivity index (χ1) is 15.3. The molecule has 0 unspecified atom stereocenters. The number of halogens is 1. The van der Waals surface area contributed by atoms with E-state index in [0.717, 1.165) is 24.3 Å². The molecule has 148 valence electrons. The summed E-state index contributed by atoms with van der Waals surface area (Å²) in [5, 5.41) is 2.58. The number of allylic oxidation sites excluding steroid dienone is 4. The van der Waals surface area contributed by atoms with Crippen molar-refractivity contribution in [1.82, 2.24) is 0 Å². The number of hydrogen-bond acceptors (Lipinski definition) is 1. The summed E-state index contributed by atoms with van der Waals surface area (Å²) in [6.45, 7) is 0. The maximum absolute atomic E-state index is 6.42. The first-order valence-corrected chi connectivity index (χ1v) is 11.6. The summed E-state index contributed by atoms with van der Waals surface area (Å²) in [4.78, 5) is 0. The van der Waals surface area contributed by atoms with Crippen molar-refractivity contribution in [3.05, 3.63) is 123 Å². The zero-order valence-corrected chi connectivity index (χ0v) is 18.4. The van der Waals surface area contributed by atoms with E-state index in [2.05, 4.69) is 107 Å². The topological polar surface area (TPSA) is 9.23 Å². The predicted molar refractivity (Wildman–Crippen MR) is 130 cm³/mol. The molecular formula is C29H19BrO. The molecule has 0 bridgehead atoms. The van der Waals surface area contributed by atoms with E-state index in [1.54, 1.807) is 0 Å². The Balaban J connectivity index is 1.70. The number of rotatable bonds is 0. The van der Waals surface area contributed by atoms with Crippen molar-refractivity contribution in [2.75, 3.05) is 0 Å². The van der Waals surface area contributed by atoms with Crippen LogP contribution in [0.1, 0.15) is 35.1 Å². The molecule has 3 aliphatic rings. The number of hydrogen-bond donors (Lipinski definition) is 0. The lowest BCUT2D eigenvalue weighted by atomic mass is 9.64. The molecular weight excluding hydrogens is 444 g/mol. The molecule has 0 aromatic heterocycles. The van der Waals surface area contributed by atoms with Gasteiger partial charge in [0.05, 0.1) is 5.41 Å². The Labute approximate surface area is 189 Å². The van der Waals surface area contributed by atoms with Gasteiger partial charge in [0.1, 0.15) is 11.5 Å². The van der Waals surface area contributed by atoms with Crippen molar-refractivity contribution < 1.29 is 4.74 Å². The highest BCUT2D eigenvalue weighted by molar-refractivity contribution is 9.11. The third-order valence-corrected chi connectivity index (χ3v) is 7.69. The van der Waals surface area contributed by atoms with Gasteiger partial charge in [-0.05, 0) is 80.7 Å². The molecule has 1 spiro atoms. The van der Waals surface area contributed by atoms with Crippen LogP contribution in [-0.2, 0) is 5.41 Å². The van der Waals surface area contributed by atoms with E-state index in [-0.39, 0.29) is 5.41 Å². The lowest BCUT2D eigenvalue weighted by Gasteiger charge is -2.40. The molecule has 0 N–H and O–H groups in total. The Kier molecular flexibility index (Phi) is 3.52. The molecule has 1 nitrogen and oxygen atoms in total. The van der Waals surface area contributed by atoms with Gasteiger partial charge in [0.15, 0.2) is 0 Å². The van der Waals surface area contributed by atoms with Gasteiger partial charge in [-0.15, -0.1) is 0 Å². The lowest BCUT2D eigenvalue weighted by Crippen LogP contribution is -2.33. The third-order valence-electron chi connectivity index (χ3n) is 7.06. The van der Waals surface area contributed by atoms with Gasteiger partial charge in [-0.1, -0.05) is 76.6 Å². The molecule has 0 saturated carbocycles. The standard InChI is InChI=1S/C29H19BrO/c30-20-13-14-21-22-15-18-7-1-2-8-19(18)16-25(22)29(26(21)17-20)23-9-3-5-11-27(23)31-28-12-6-4-10-24(28)29/h1-12,15-17H,13-14H2. The van der Waals surface area contributed by atoms with E-state index in [9.17, 15) is 0 Å². The second-order valence-electron chi connectivity index (χ2n) is 8.57. The minimum Gasteiger partial charge on any atom is -0.457 e. The maximum Gasteiger partial charge on any atom is 0.132 e. The van der Waals surface area contributed by atoms with Crippen LogP contribution >= 0.6 is 15.9 Å². The molecule has 0 atom stereocenters. The largest absolute Gasteiger partial charge is 0.457 e. The fraction of sp³-hybridized carbons (Fsp3) is 0.103. The van der Waals surface area contributed by atoms with E-state index in [1.807, 2.05) is 0 Å². The van der Waals surface area contributed by atoms with Crippen LogP contribution in [0.15, 0.2) is 101 Å². The Morgan fingerprint density at radius 3 is 2.00 bits per heavy atom. The first kappa shape index (κ1) is 17.6. The SMILES string of the molecule is BrC1=CC2=C(CC1)c1cc3ccccc3cc1C21c2ccccc2Oc2ccccc21. The van der Waals surface area contributed by atoms with Gasteiger partial charge in [0, 0.05) is 11.1 Å². The summed E-state index contributed by atoms with van der Waals surface area (Å²) in [7, 11) is 0. The molecule has 4 aromatic rings. The highest BCUT2D eigenvalue weighted by atomic mass is 79.9. The van der Waals surface area contributed by atoms with Crippen LogP contribution in [0.4, 0.5) is 0 Å². The van der Waals surface area contributed by atoms with Crippen LogP contribution < -0.4 is 4.74 Å². The predicted octanol–water partition coefficient (Wildman–Crippen LogP) is 8.12. The molecule has 0 radical (unpaired) electrons. The summed E-state index contributed by atoms with van der Waals surface area (Å²) in [6, 6.07) is 30.7. The highest BCUT2D eigenvalue weighted by Crippen LogP contribution is 2.63. The van der Waals surface area contributed by atoms with Crippen LogP contribution in [0.5, 0.6) is 11.5 Å². The van der Waals surface area contributed by atoms with Crippen molar-refractivity contribution in [1.29, 1.82) is 0 Å². The zero-order valence-electron chi connectivity index (χ0n) is 16.9. The summed E-state index contributed by atoms with van der Waals surface area (Å²) in [5.74, 6) is 1.90. The average molecular weight is 463 g/mol. The van der Waals surface area contributed by atoms with Gasteiger partial charge in [-0.2, -0.15) is 0 Å². The van der Waals surface area contributed by atoms with Crippen LogP contribution in [0.25, 0.3) is 16.3 Å². The Morgan fingerprint density at radius 2 is 1.29 bits per heavy atom.